The van der Waals surface area contributed by atoms with Crippen LogP contribution in [0.2, 0.25) is 0 Å². The number of hydrogen-bond acceptors (Lipinski definition) is 9. The third-order valence-electron chi connectivity index (χ3n) is 6.55. The van der Waals surface area contributed by atoms with Gasteiger partial charge < -0.3 is 34.5 Å². The molecule has 2 aromatic carbocycles. The van der Waals surface area contributed by atoms with Gasteiger partial charge in [0.15, 0.2) is 11.5 Å². The Kier molecular flexibility index (Phi) is 9.07. The summed E-state index contributed by atoms with van der Waals surface area (Å²) >= 11 is 0. The van der Waals surface area contributed by atoms with Gasteiger partial charge in [-0.2, -0.15) is 4.98 Å². The van der Waals surface area contributed by atoms with Crippen molar-refractivity contribution in [3.05, 3.63) is 54.2 Å². The van der Waals surface area contributed by atoms with Crippen molar-refractivity contribution in [1.29, 1.82) is 0 Å². The van der Waals surface area contributed by atoms with Crippen molar-refractivity contribution in [1.82, 2.24) is 15.3 Å². The minimum atomic E-state index is -0.0962. The minimum Gasteiger partial charge on any atom is -0.497 e. The summed E-state index contributed by atoms with van der Waals surface area (Å²) in [5.41, 5.74) is 1.86. The molecule has 4 rings (SSSR count). The maximum Gasteiger partial charge on any atom is 0.229 e. The van der Waals surface area contributed by atoms with Crippen LogP contribution in [0, 0.1) is 5.92 Å². The molecule has 3 aromatic rings. The van der Waals surface area contributed by atoms with E-state index >= 15 is 0 Å². The van der Waals surface area contributed by atoms with Crippen LogP contribution in [0.15, 0.2) is 48.7 Å². The predicted octanol–water partition coefficient (Wildman–Crippen LogP) is 3.83. The maximum atomic E-state index is 12.9. The number of nitrogens with one attached hydrogen (secondary N) is 2. The summed E-state index contributed by atoms with van der Waals surface area (Å²) in [4.78, 5) is 24.1. The first-order valence-electron chi connectivity index (χ1n) is 12.6. The van der Waals surface area contributed by atoms with Gasteiger partial charge in [-0.05, 0) is 43.0 Å². The summed E-state index contributed by atoms with van der Waals surface area (Å²) in [6, 6.07) is 13.4. The Morgan fingerprint density at radius 1 is 1.00 bits per heavy atom. The molecule has 1 atom stereocenters. The Morgan fingerprint density at radius 3 is 2.39 bits per heavy atom. The normalized spacial score (nSPS) is 14.9. The van der Waals surface area contributed by atoms with Gasteiger partial charge in [0.25, 0.3) is 0 Å². The average Bonchev–Trinajstić information content (AvgIpc) is 2.97. The van der Waals surface area contributed by atoms with Crippen molar-refractivity contribution in [2.24, 2.45) is 5.92 Å². The lowest BCUT2D eigenvalue weighted by Crippen LogP contribution is -2.43. The van der Waals surface area contributed by atoms with E-state index in [9.17, 15) is 4.79 Å². The SMILES string of the molecule is COc1ccc(CCNC(=O)C2CCCN(c3ccnc(Nc4cc(OC)c(OC)c(OC)c4)n3)C2)cc1. The monoisotopic (exact) mass is 521 g/mol. The molecule has 0 spiro atoms. The number of rotatable bonds is 11. The lowest BCUT2D eigenvalue weighted by Gasteiger charge is -2.33. The molecule has 0 saturated carbocycles. The molecule has 0 aliphatic carbocycles. The van der Waals surface area contributed by atoms with Gasteiger partial charge in [-0.3, -0.25) is 4.79 Å². The van der Waals surface area contributed by atoms with E-state index in [4.69, 9.17) is 23.9 Å². The van der Waals surface area contributed by atoms with E-state index in [-0.39, 0.29) is 11.8 Å². The Bertz CT molecular complexity index is 1200. The molecule has 2 N–H and O–H groups in total. The number of carbonyl (C=O) groups is 1. The van der Waals surface area contributed by atoms with Crippen LogP contribution in [-0.4, -0.2) is 63.9 Å². The fraction of sp³-hybridized carbons (Fsp3) is 0.393. The van der Waals surface area contributed by atoms with Crippen molar-refractivity contribution >= 4 is 23.4 Å². The second-order valence-electron chi connectivity index (χ2n) is 8.95. The molecular formula is C28H35N5O5. The highest BCUT2D eigenvalue weighted by Gasteiger charge is 2.26. The van der Waals surface area contributed by atoms with Crippen molar-refractivity contribution in [2.75, 3.05) is 58.3 Å². The van der Waals surface area contributed by atoms with Gasteiger partial charge in [-0.25, -0.2) is 4.98 Å². The van der Waals surface area contributed by atoms with Crippen LogP contribution in [-0.2, 0) is 11.2 Å². The first-order valence-corrected chi connectivity index (χ1v) is 12.6. The van der Waals surface area contributed by atoms with Gasteiger partial charge in [-0.1, -0.05) is 12.1 Å². The largest absolute Gasteiger partial charge is 0.497 e. The van der Waals surface area contributed by atoms with Crippen molar-refractivity contribution in [3.63, 3.8) is 0 Å². The maximum absolute atomic E-state index is 12.9. The molecule has 1 saturated heterocycles. The Hall–Kier alpha value is -4.21. The van der Waals surface area contributed by atoms with Gasteiger partial charge in [0, 0.05) is 43.7 Å². The van der Waals surface area contributed by atoms with E-state index in [2.05, 4.69) is 20.5 Å². The van der Waals surface area contributed by atoms with Crippen LogP contribution in [0.4, 0.5) is 17.5 Å². The zero-order valence-corrected chi connectivity index (χ0v) is 22.3. The predicted molar refractivity (Wildman–Crippen MR) is 146 cm³/mol. The molecular weight excluding hydrogens is 486 g/mol. The molecule has 1 amide bonds. The molecule has 10 heteroatoms. The molecule has 0 radical (unpaired) electrons. The highest BCUT2D eigenvalue weighted by molar-refractivity contribution is 5.79. The number of hydrogen-bond donors (Lipinski definition) is 2. The van der Waals surface area contributed by atoms with Gasteiger partial charge >= 0.3 is 0 Å². The second-order valence-corrected chi connectivity index (χ2v) is 8.95. The second kappa shape index (κ2) is 12.8. The van der Waals surface area contributed by atoms with E-state index in [0.717, 1.165) is 42.9 Å². The van der Waals surface area contributed by atoms with Crippen molar-refractivity contribution in [3.8, 4) is 23.0 Å². The Morgan fingerprint density at radius 2 is 1.74 bits per heavy atom. The lowest BCUT2D eigenvalue weighted by molar-refractivity contribution is -0.125. The quantitative estimate of drug-likeness (QED) is 0.389. The van der Waals surface area contributed by atoms with Crippen LogP contribution < -0.4 is 34.5 Å². The van der Waals surface area contributed by atoms with Gasteiger partial charge in [-0.15, -0.1) is 0 Å². The van der Waals surface area contributed by atoms with Crippen LogP contribution in [0.3, 0.4) is 0 Å². The summed E-state index contributed by atoms with van der Waals surface area (Å²) in [5.74, 6) is 3.58. The minimum absolute atomic E-state index is 0.0769. The molecule has 0 bridgehead atoms. The molecule has 1 aliphatic heterocycles. The summed E-state index contributed by atoms with van der Waals surface area (Å²) in [6.07, 6.45) is 4.25. The number of amides is 1. The average molecular weight is 522 g/mol. The number of piperidine rings is 1. The first-order chi connectivity index (χ1) is 18.5. The molecule has 1 fully saturated rings. The standard InChI is InChI=1S/C28H35N5O5/c1-35-22-9-7-19(8-10-22)11-13-29-27(34)20-6-5-15-33(18-20)25-12-14-30-28(32-25)31-21-16-23(36-2)26(38-4)24(17-21)37-3/h7-10,12,14,16-17,20H,5-6,11,13,15,18H2,1-4H3,(H,29,34)(H,30,31,32). The fourth-order valence-electron chi connectivity index (χ4n) is 4.53. The molecule has 10 nitrogen and oxygen atoms in total. The van der Waals surface area contributed by atoms with Gasteiger partial charge in [0.05, 0.1) is 34.4 Å². The summed E-state index contributed by atoms with van der Waals surface area (Å²) in [5, 5.41) is 6.32. The topological polar surface area (TPSA) is 107 Å². The van der Waals surface area contributed by atoms with E-state index in [1.807, 2.05) is 30.3 Å². The smallest absolute Gasteiger partial charge is 0.229 e. The van der Waals surface area contributed by atoms with Crippen molar-refractivity contribution in [2.45, 2.75) is 19.3 Å². The van der Waals surface area contributed by atoms with Crippen molar-refractivity contribution < 1.29 is 23.7 Å². The number of benzene rings is 2. The molecule has 1 aliphatic rings. The summed E-state index contributed by atoms with van der Waals surface area (Å²) in [6.45, 7) is 2.03. The Balaban J connectivity index is 1.36. The van der Waals surface area contributed by atoms with E-state index in [1.165, 1.54) is 0 Å². The zero-order valence-electron chi connectivity index (χ0n) is 22.3. The van der Waals surface area contributed by atoms with Crippen LogP contribution in [0.25, 0.3) is 0 Å². The zero-order chi connectivity index (χ0) is 26.9. The molecule has 2 heterocycles. The first kappa shape index (κ1) is 26.8. The molecule has 1 unspecified atom stereocenters. The van der Waals surface area contributed by atoms with Gasteiger partial charge in [0.2, 0.25) is 17.6 Å². The summed E-state index contributed by atoms with van der Waals surface area (Å²) < 4.78 is 21.5. The van der Waals surface area contributed by atoms with E-state index in [1.54, 1.807) is 46.8 Å². The van der Waals surface area contributed by atoms with E-state index < -0.39 is 0 Å². The van der Waals surface area contributed by atoms with E-state index in [0.29, 0.717) is 42.0 Å². The number of anilines is 3. The number of aromatic nitrogens is 2. The highest BCUT2D eigenvalue weighted by atomic mass is 16.5. The Labute approximate surface area is 223 Å². The third-order valence-corrected chi connectivity index (χ3v) is 6.55. The highest BCUT2D eigenvalue weighted by Crippen LogP contribution is 2.40. The number of ether oxygens (including phenoxy) is 4. The molecule has 202 valence electrons. The molecule has 1 aromatic heterocycles. The van der Waals surface area contributed by atoms with Crippen LogP contribution >= 0.6 is 0 Å². The number of methoxy groups -OCH3 is 4. The van der Waals surface area contributed by atoms with Crippen LogP contribution in [0.5, 0.6) is 23.0 Å². The molecule has 38 heavy (non-hydrogen) atoms. The fourth-order valence-corrected chi connectivity index (χ4v) is 4.53. The van der Waals surface area contributed by atoms with Gasteiger partial charge in [0.1, 0.15) is 11.6 Å². The summed E-state index contributed by atoms with van der Waals surface area (Å²) in [7, 11) is 6.35. The number of carbonyl (C=O) groups excluding carboxylic acids is 1. The lowest BCUT2D eigenvalue weighted by atomic mass is 9.97. The van der Waals surface area contributed by atoms with Crippen LogP contribution in [0.1, 0.15) is 18.4 Å². The number of nitrogens with zero attached hydrogens (tertiary/aromatic N) is 3. The third kappa shape index (κ3) is 6.56.